The Morgan fingerprint density at radius 3 is 2.29 bits per heavy atom. The van der Waals surface area contributed by atoms with Crippen LogP contribution < -0.4 is 21.3 Å². The van der Waals surface area contributed by atoms with Gasteiger partial charge in [0.25, 0.3) is 5.91 Å². The van der Waals surface area contributed by atoms with Crippen molar-refractivity contribution in [2.75, 3.05) is 54.9 Å². The lowest BCUT2D eigenvalue weighted by Gasteiger charge is -2.36. The monoisotopic (exact) mass is 525 g/mol. The van der Waals surface area contributed by atoms with Crippen LogP contribution in [0.1, 0.15) is 56.7 Å². The summed E-state index contributed by atoms with van der Waals surface area (Å²) in [5, 5.41) is 6.71. The van der Waals surface area contributed by atoms with Gasteiger partial charge < -0.3 is 35.6 Å². The van der Waals surface area contributed by atoms with Crippen LogP contribution in [0.5, 0.6) is 0 Å². The van der Waals surface area contributed by atoms with Gasteiger partial charge in [-0.3, -0.25) is 4.79 Å². The van der Waals surface area contributed by atoms with E-state index < -0.39 is 11.5 Å². The zero-order valence-corrected chi connectivity index (χ0v) is 22.7. The Morgan fingerprint density at radius 1 is 1.05 bits per heavy atom. The number of nitrogens with zero attached hydrogens (tertiary/aromatic N) is 4. The largest absolute Gasteiger partial charge is 0.444 e. The van der Waals surface area contributed by atoms with Crippen molar-refractivity contribution in [1.82, 2.24) is 14.9 Å². The highest BCUT2D eigenvalue weighted by Gasteiger charge is 2.26. The Morgan fingerprint density at radius 2 is 1.71 bits per heavy atom. The van der Waals surface area contributed by atoms with Crippen LogP contribution in [0.3, 0.4) is 0 Å². The number of nitrogens with two attached hydrogens (primary N) is 1. The molecule has 38 heavy (non-hydrogen) atoms. The maximum Gasteiger partial charge on any atom is 0.410 e. The van der Waals surface area contributed by atoms with Gasteiger partial charge in [0.05, 0.1) is 5.69 Å². The Labute approximate surface area is 224 Å². The second-order valence-electron chi connectivity index (χ2n) is 10.6. The quantitative estimate of drug-likeness (QED) is 0.496. The molecule has 3 heterocycles. The number of amides is 2. The molecule has 0 atom stereocenters. The lowest BCUT2D eigenvalue weighted by molar-refractivity contribution is 0.0240. The molecular weight excluding hydrogens is 486 g/mol. The Kier molecular flexibility index (Phi) is 8.55. The molecule has 11 nitrogen and oxygen atoms in total. The van der Waals surface area contributed by atoms with Crippen molar-refractivity contribution in [2.45, 2.75) is 58.6 Å². The SMILES string of the molecule is CCc1nc(C(N)=O)c(Nc2ccc(N3CCN(C(=O)OC(C)(C)C)CC3)cc2)nc1NC1CCOCC1. The van der Waals surface area contributed by atoms with Crippen molar-refractivity contribution in [3.63, 3.8) is 0 Å². The molecule has 2 aliphatic rings. The van der Waals surface area contributed by atoms with E-state index in [2.05, 4.69) is 20.5 Å². The van der Waals surface area contributed by atoms with Crippen molar-refractivity contribution in [3.8, 4) is 0 Å². The molecule has 11 heteroatoms. The molecule has 2 saturated heterocycles. The average Bonchev–Trinajstić information content (AvgIpc) is 2.89. The van der Waals surface area contributed by atoms with Gasteiger partial charge >= 0.3 is 6.09 Å². The number of anilines is 4. The Bertz CT molecular complexity index is 1120. The van der Waals surface area contributed by atoms with E-state index >= 15 is 0 Å². The minimum Gasteiger partial charge on any atom is -0.444 e. The van der Waals surface area contributed by atoms with Crippen LogP contribution in [0.25, 0.3) is 0 Å². The lowest BCUT2D eigenvalue weighted by Crippen LogP contribution is -2.50. The smallest absolute Gasteiger partial charge is 0.410 e. The van der Waals surface area contributed by atoms with E-state index in [1.54, 1.807) is 4.90 Å². The fraction of sp³-hybridized carbons (Fsp3) is 0.556. The maximum atomic E-state index is 12.3. The van der Waals surface area contributed by atoms with E-state index in [0.717, 1.165) is 24.2 Å². The van der Waals surface area contributed by atoms with Gasteiger partial charge in [-0.15, -0.1) is 0 Å². The summed E-state index contributed by atoms with van der Waals surface area (Å²) in [6, 6.07) is 8.11. The molecule has 2 aromatic rings. The summed E-state index contributed by atoms with van der Waals surface area (Å²) in [6.45, 7) is 11.6. The van der Waals surface area contributed by atoms with Gasteiger partial charge in [-0.1, -0.05) is 6.92 Å². The number of carbonyl (C=O) groups excluding carboxylic acids is 2. The Hall–Kier alpha value is -3.60. The molecule has 0 aliphatic carbocycles. The predicted molar refractivity (Wildman–Crippen MR) is 147 cm³/mol. The van der Waals surface area contributed by atoms with Crippen molar-refractivity contribution >= 4 is 35.0 Å². The van der Waals surface area contributed by atoms with Gasteiger partial charge in [0.2, 0.25) is 0 Å². The highest BCUT2D eigenvalue weighted by Crippen LogP contribution is 2.26. The first-order valence-corrected chi connectivity index (χ1v) is 13.3. The highest BCUT2D eigenvalue weighted by molar-refractivity contribution is 5.96. The van der Waals surface area contributed by atoms with E-state index in [9.17, 15) is 9.59 Å². The van der Waals surface area contributed by atoms with E-state index in [-0.39, 0.29) is 17.8 Å². The van der Waals surface area contributed by atoms with Crippen molar-refractivity contribution in [1.29, 1.82) is 0 Å². The van der Waals surface area contributed by atoms with Crippen LogP contribution in [-0.4, -0.2) is 77.9 Å². The number of hydrogen-bond acceptors (Lipinski definition) is 9. The normalized spacial score (nSPS) is 16.7. The van der Waals surface area contributed by atoms with Gasteiger partial charge in [0.1, 0.15) is 5.60 Å². The van der Waals surface area contributed by atoms with Crippen LogP contribution in [0.15, 0.2) is 24.3 Å². The number of piperazine rings is 1. The first-order chi connectivity index (χ1) is 18.1. The zero-order valence-electron chi connectivity index (χ0n) is 22.7. The van der Waals surface area contributed by atoms with Crippen LogP contribution in [0, 0.1) is 0 Å². The summed E-state index contributed by atoms with van der Waals surface area (Å²) in [5.41, 5.74) is 7.77. The molecule has 4 rings (SSSR count). The molecule has 2 fully saturated rings. The van der Waals surface area contributed by atoms with E-state index in [1.807, 2.05) is 52.0 Å². The zero-order chi connectivity index (χ0) is 27.3. The van der Waals surface area contributed by atoms with Crippen LogP contribution in [-0.2, 0) is 15.9 Å². The van der Waals surface area contributed by atoms with Crippen LogP contribution >= 0.6 is 0 Å². The summed E-state index contributed by atoms with van der Waals surface area (Å²) in [5.74, 6) is 0.348. The Balaban J connectivity index is 1.44. The van der Waals surface area contributed by atoms with Crippen molar-refractivity contribution in [2.24, 2.45) is 5.73 Å². The molecule has 206 valence electrons. The summed E-state index contributed by atoms with van der Waals surface area (Å²) in [4.78, 5) is 37.8. The number of aromatic nitrogens is 2. The van der Waals surface area contributed by atoms with Crippen molar-refractivity contribution < 1.29 is 19.1 Å². The minimum atomic E-state index is -0.633. The van der Waals surface area contributed by atoms with Crippen LogP contribution in [0.4, 0.5) is 27.8 Å². The molecule has 0 radical (unpaired) electrons. The second kappa shape index (κ2) is 11.8. The topological polar surface area (TPSA) is 135 Å². The summed E-state index contributed by atoms with van der Waals surface area (Å²) in [7, 11) is 0. The number of hydrogen-bond donors (Lipinski definition) is 3. The number of aryl methyl sites for hydroxylation is 1. The third-order valence-electron chi connectivity index (χ3n) is 6.53. The molecule has 2 amide bonds. The van der Waals surface area contributed by atoms with E-state index in [4.69, 9.17) is 20.2 Å². The fourth-order valence-electron chi connectivity index (χ4n) is 4.49. The molecular formula is C27H39N7O4. The summed E-state index contributed by atoms with van der Waals surface area (Å²) in [6.07, 6.45) is 2.12. The first-order valence-electron chi connectivity index (χ1n) is 13.3. The third-order valence-corrected chi connectivity index (χ3v) is 6.53. The van der Waals surface area contributed by atoms with Gasteiger partial charge in [-0.2, -0.15) is 0 Å². The second-order valence-corrected chi connectivity index (χ2v) is 10.6. The maximum absolute atomic E-state index is 12.3. The van der Waals surface area contributed by atoms with Crippen LogP contribution in [0.2, 0.25) is 0 Å². The molecule has 0 unspecified atom stereocenters. The minimum absolute atomic E-state index is 0.113. The number of ether oxygens (including phenoxy) is 2. The van der Waals surface area contributed by atoms with Gasteiger partial charge in [0, 0.05) is 56.8 Å². The lowest BCUT2D eigenvalue weighted by atomic mass is 10.1. The number of benzene rings is 1. The summed E-state index contributed by atoms with van der Waals surface area (Å²) < 4.78 is 10.9. The number of carbonyl (C=O) groups is 2. The molecule has 0 spiro atoms. The highest BCUT2D eigenvalue weighted by atomic mass is 16.6. The first kappa shape index (κ1) is 27.4. The number of nitrogens with one attached hydrogen (secondary N) is 2. The molecule has 4 N–H and O–H groups in total. The molecule has 0 bridgehead atoms. The molecule has 0 saturated carbocycles. The van der Waals surface area contributed by atoms with E-state index in [0.29, 0.717) is 63.1 Å². The van der Waals surface area contributed by atoms with E-state index in [1.165, 1.54) is 0 Å². The molecule has 1 aromatic heterocycles. The standard InChI is InChI=1S/C27H39N7O4/c1-5-21-24(29-19-10-16-37-17-11-19)32-25(22(31-21)23(28)35)30-18-6-8-20(9-7-18)33-12-14-34(15-13-33)26(36)38-27(2,3)4/h6-9,19H,5,10-17H2,1-4H3,(H2,28,35)(H2,29,30,32). The number of primary amides is 1. The fourth-order valence-corrected chi connectivity index (χ4v) is 4.49. The molecule has 1 aromatic carbocycles. The van der Waals surface area contributed by atoms with Gasteiger partial charge in [0.15, 0.2) is 17.3 Å². The average molecular weight is 526 g/mol. The summed E-state index contributed by atoms with van der Waals surface area (Å²) >= 11 is 0. The van der Waals surface area contributed by atoms with Gasteiger partial charge in [-0.05, 0) is 64.3 Å². The number of rotatable bonds is 7. The van der Waals surface area contributed by atoms with Gasteiger partial charge in [-0.25, -0.2) is 14.8 Å². The molecule has 2 aliphatic heterocycles. The van der Waals surface area contributed by atoms with Crippen molar-refractivity contribution in [3.05, 3.63) is 35.7 Å². The third kappa shape index (κ3) is 7.03. The predicted octanol–water partition coefficient (Wildman–Crippen LogP) is 3.53.